The third kappa shape index (κ3) is 2.44. The number of hydrogen-bond acceptors (Lipinski definition) is 0. The fourth-order valence-electron chi connectivity index (χ4n) is 4.01. The summed E-state index contributed by atoms with van der Waals surface area (Å²) < 4.78 is 0. The Labute approximate surface area is 126 Å². The summed E-state index contributed by atoms with van der Waals surface area (Å²) in [5.41, 5.74) is 1.58. The maximum absolute atomic E-state index is 2.34. The zero-order valence-electron chi connectivity index (χ0n) is 12.5. The SMILES string of the molecule is c1ccc2c(CC3CCCCC3)c3ccccc3cc2c1. The van der Waals surface area contributed by atoms with Gasteiger partial charge < -0.3 is 0 Å². The van der Waals surface area contributed by atoms with Crippen molar-refractivity contribution in [2.24, 2.45) is 5.92 Å². The van der Waals surface area contributed by atoms with Gasteiger partial charge in [0.25, 0.3) is 0 Å². The van der Waals surface area contributed by atoms with Crippen molar-refractivity contribution >= 4 is 21.5 Å². The minimum absolute atomic E-state index is 0.882. The lowest BCUT2D eigenvalue weighted by molar-refractivity contribution is 0.358. The van der Waals surface area contributed by atoms with Gasteiger partial charge in [-0.25, -0.2) is 0 Å². The van der Waals surface area contributed by atoms with Crippen molar-refractivity contribution < 1.29 is 0 Å². The second kappa shape index (κ2) is 5.52. The molecule has 0 heteroatoms. The van der Waals surface area contributed by atoms with Gasteiger partial charge in [-0.3, -0.25) is 0 Å². The predicted molar refractivity (Wildman–Crippen MR) is 91.7 cm³/mol. The number of benzene rings is 3. The van der Waals surface area contributed by atoms with Gasteiger partial charge >= 0.3 is 0 Å². The smallest absolute Gasteiger partial charge is 0.0145 e. The Kier molecular flexibility index (Phi) is 3.39. The lowest BCUT2D eigenvalue weighted by Gasteiger charge is -2.23. The zero-order chi connectivity index (χ0) is 14.1. The van der Waals surface area contributed by atoms with Gasteiger partial charge in [0.2, 0.25) is 0 Å². The van der Waals surface area contributed by atoms with Crippen LogP contribution in [0.1, 0.15) is 37.7 Å². The second-order valence-electron chi connectivity index (χ2n) is 6.51. The minimum Gasteiger partial charge on any atom is -0.0616 e. The standard InChI is InChI=1S/C21H22/c1-2-8-16(9-3-1)14-21-19-12-6-4-10-17(19)15-18-11-5-7-13-20(18)21/h4-7,10-13,15-16H,1-3,8-9,14H2. The first-order valence-corrected chi connectivity index (χ1v) is 8.31. The molecule has 0 atom stereocenters. The molecule has 106 valence electrons. The fourth-order valence-corrected chi connectivity index (χ4v) is 4.01. The summed E-state index contributed by atoms with van der Waals surface area (Å²) in [7, 11) is 0. The van der Waals surface area contributed by atoms with E-state index in [0.717, 1.165) is 5.92 Å². The molecule has 0 heterocycles. The number of rotatable bonds is 2. The summed E-state index contributed by atoms with van der Waals surface area (Å²) in [5.74, 6) is 0.882. The van der Waals surface area contributed by atoms with E-state index in [1.807, 2.05) is 0 Å². The molecule has 0 unspecified atom stereocenters. The van der Waals surface area contributed by atoms with Gasteiger partial charge in [-0.15, -0.1) is 0 Å². The van der Waals surface area contributed by atoms with E-state index < -0.39 is 0 Å². The van der Waals surface area contributed by atoms with Crippen LogP contribution in [0.5, 0.6) is 0 Å². The van der Waals surface area contributed by atoms with Gasteiger partial charge in [0, 0.05) is 0 Å². The Balaban J connectivity index is 1.89. The molecular formula is C21H22. The van der Waals surface area contributed by atoms with Crippen LogP contribution in [0.25, 0.3) is 21.5 Å². The average molecular weight is 274 g/mol. The van der Waals surface area contributed by atoms with Crippen LogP contribution in [-0.4, -0.2) is 0 Å². The molecule has 1 fully saturated rings. The second-order valence-corrected chi connectivity index (χ2v) is 6.51. The van der Waals surface area contributed by atoms with Crippen LogP contribution >= 0.6 is 0 Å². The van der Waals surface area contributed by atoms with Crippen molar-refractivity contribution in [2.75, 3.05) is 0 Å². The average Bonchev–Trinajstić information content (AvgIpc) is 2.55. The largest absolute Gasteiger partial charge is 0.0616 e. The van der Waals surface area contributed by atoms with Gasteiger partial charge in [0.1, 0.15) is 0 Å². The maximum atomic E-state index is 2.34. The maximum Gasteiger partial charge on any atom is -0.0145 e. The van der Waals surface area contributed by atoms with Crippen LogP contribution in [0, 0.1) is 5.92 Å². The van der Waals surface area contributed by atoms with E-state index in [0.29, 0.717) is 0 Å². The summed E-state index contributed by atoms with van der Waals surface area (Å²) >= 11 is 0. The molecule has 0 saturated heterocycles. The minimum atomic E-state index is 0.882. The molecule has 0 amide bonds. The molecule has 0 radical (unpaired) electrons. The Morgan fingerprint density at radius 2 is 1.29 bits per heavy atom. The first-order chi connectivity index (χ1) is 10.4. The first kappa shape index (κ1) is 12.9. The molecule has 0 bridgehead atoms. The van der Waals surface area contributed by atoms with Crippen molar-refractivity contribution in [2.45, 2.75) is 38.5 Å². The van der Waals surface area contributed by atoms with Gasteiger partial charge in [0.05, 0.1) is 0 Å². The van der Waals surface area contributed by atoms with Gasteiger partial charge in [-0.05, 0) is 45.5 Å². The highest BCUT2D eigenvalue weighted by atomic mass is 14.2. The molecule has 0 spiro atoms. The van der Waals surface area contributed by atoms with Crippen molar-refractivity contribution in [3.05, 3.63) is 60.2 Å². The van der Waals surface area contributed by atoms with E-state index in [-0.39, 0.29) is 0 Å². The van der Waals surface area contributed by atoms with E-state index in [1.165, 1.54) is 60.1 Å². The lowest BCUT2D eigenvalue weighted by Crippen LogP contribution is -2.09. The molecule has 0 aromatic heterocycles. The highest BCUT2D eigenvalue weighted by Crippen LogP contribution is 2.34. The van der Waals surface area contributed by atoms with Gasteiger partial charge in [0.15, 0.2) is 0 Å². The van der Waals surface area contributed by atoms with Crippen LogP contribution in [0.2, 0.25) is 0 Å². The Hall–Kier alpha value is -1.82. The van der Waals surface area contributed by atoms with Crippen molar-refractivity contribution in [1.82, 2.24) is 0 Å². The van der Waals surface area contributed by atoms with Crippen LogP contribution in [-0.2, 0) is 6.42 Å². The third-order valence-electron chi connectivity index (χ3n) is 5.10. The molecule has 21 heavy (non-hydrogen) atoms. The summed E-state index contributed by atoms with van der Waals surface area (Å²) in [5, 5.41) is 5.70. The van der Waals surface area contributed by atoms with Crippen LogP contribution in [0.15, 0.2) is 54.6 Å². The van der Waals surface area contributed by atoms with E-state index >= 15 is 0 Å². The zero-order valence-corrected chi connectivity index (χ0v) is 12.5. The fraction of sp³-hybridized carbons (Fsp3) is 0.333. The molecule has 3 aromatic rings. The highest BCUT2D eigenvalue weighted by molar-refractivity contribution is 6.02. The molecule has 1 saturated carbocycles. The Morgan fingerprint density at radius 1 is 0.714 bits per heavy atom. The molecule has 4 rings (SSSR count). The molecule has 3 aromatic carbocycles. The molecule has 0 nitrogen and oxygen atoms in total. The van der Waals surface area contributed by atoms with Gasteiger partial charge in [-0.2, -0.15) is 0 Å². The molecule has 1 aliphatic rings. The van der Waals surface area contributed by atoms with Crippen LogP contribution < -0.4 is 0 Å². The molecular weight excluding hydrogens is 252 g/mol. The van der Waals surface area contributed by atoms with Crippen molar-refractivity contribution in [3.8, 4) is 0 Å². The summed E-state index contributed by atoms with van der Waals surface area (Å²) in [6.07, 6.45) is 8.37. The summed E-state index contributed by atoms with van der Waals surface area (Å²) in [4.78, 5) is 0. The van der Waals surface area contributed by atoms with E-state index in [1.54, 1.807) is 5.56 Å². The molecule has 1 aliphatic carbocycles. The first-order valence-electron chi connectivity index (χ1n) is 8.31. The third-order valence-corrected chi connectivity index (χ3v) is 5.10. The topological polar surface area (TPSA) is 0 Å². The number of hydrogen-bond donors (Lipinski definition) is 0. The van der Waals surface area contributed by atoms with Crippen LogP contribution in [0.4, 0.5) is 0 Å². The summed E-state index contributed by atoms with van der Waals surface area (Å²) in [6, 6.07) is 20.1. The van der Waals surface area contributed by atoms with E-state index in [4.69, 9.17) is 0 Å². The number of fused-ring (bicyclic) bond motifs is 2. The lowest BCUT2D eigenvalue weighted by atomic mass is 9.82. The van der Waals surface area contributed by atoms with Gasteiger partial charge in [-0.1, -0.05) is 80.6 Å². The van der Waals surface area contributed by atoms with E-state index in [2.05, 4.69) is 54.6 Å². The predicted octanol–water partition coefficient (Wildman–Crippen LogP) is 6.12. The molecule has 0 N–H and O–H groups in total. The monoisotopic (exact) mass is 274 g/mol. The Morgan fingerprint density at radius 3 is 1.90 bits per heavy atom. The van der Waals surface area contributed by atoms with Crippen molar-refractivity contribution in [3.63, 3.8) is 0 Å². The van der Waals surface area contributed by atoms with Crippen LogP contribution in [0.3, 0.4) is 0 Å². The molecule has 0 aliphatic heterocycles. The highest BCUT2D eigenvalue weighted by Gasteiger charge is 2.16. The summed E-state index contributed by atoms with van der Waals surface area (Å²) in [6.45, 7) is 0. The normalized spacial score (nSPS) is 16.6. The van der Waals surface area contributed by atoms with Crippen molar-refractivity contribution in [1.29, 1.82) is 0 Å². The quantitative estimate of drug-likeness (QED) is 0.494. The Bertz CT molecular complexity index is 709. The van der Waals surface area contributed by atoms with E-state index in [9.17, 15) is 0 Å².